The van der Waals surface area contributed by atoms with Gasteiger partial charge in [0.1, 0.15) is 0 Å². The maximum Gasteiger partial charge on any atom is 0.224 e. The largest absolute Gasteiger partial charge is 0.356 e. The lowest BCUT2D eigenvalue weighted by molar-refractivity contribution is -0.125. The van der Waals surface area contributed by atoms with Gasteiger partial charge in [0.2, 0.25) is 5.91 Å². The molecule has 2 N–H and O–H groups in total. The van der Waals surface area contributed by atoms with Crippen molar-refractivity contribution in [3.8, 4) is 11.3 Å². The molecule has 5 nitrogen and oxygen atoms in total. The van der Waals surface area contributed by atoms with Crippen LogP contribution >= 0.6 is 11.3 Å². The van der Waals surface area contributed by atoms with E-state index in [-0.39, 0.29) is 11.8 Å². The molecule has 3 rings (SSSR count). The minimum absolute atomic E-state index is 0.141. The molecule has 1 amide bonds. The molecule has 0 radical (unpaired) electrons. The number of carbonyl (C=O) groups is 1. The predicted octanol–water partition coefficient (Wildman–Crippen LogP) is 2.25. The Bertz CT molecular complexity index is 623. The normalized spacial score (nSPS) is 17.8. The lowest BCUT2D eigenvalue weighted by Gasteiger charge is -2.21. The first kappa shape index (κ1) is 16.1. The number of pyridine rings is 1. The first-order valence-electron chi connectivity index (χ1n) is 8.16. The van der Waals surface area contributed by atoms with E-state index in [0.29, 0.717) is 0 Å². The Labute approximate surface area is 140 Å². The van der Waals surface area contributed by atoms with E-state index < -0.39 is 0 Å². The van der Waals surface area contributed by atoms with Crippen LogP contribution in [0.2, 0.25) is 0 Å². The number of thiazole rings is 1. The summed E-state index contributed by atoms with van der Waals surface area (Å²) in [5, 5.41) is 9.52. The van der Waals surface area contributed by atoms with Crippen molar-refractivity contribution in [2.45, 2.75) is 25.7 Å². The van der Waals surface area contributed by atoms with Crippen LogP contribution in [0.3, 0.4) is 0 Å². The molecule has 3 heterocycles. The van der Waals surface area contributed by atoms with Crippen molar-refractivity contribution in [2.75, 3.05) is 19.6 Å². The highest BCUT2D eigenvalue weighted by Gasteiger charge is 2.20. The Kier molecular flexibility index (Phi) is 5.71. The zero-order valence-corrected chi connectivity index (χ0v) is 13.9. The molecule has 0 saturated carbocycles. The van der Waals surface area contributed by atoms with Gasteiger partial charge in [-0.2, -0.15) is 0 Å². The van der Waals surface area contributed by atoms with E-state index in [0.717, 1.165) is 61.6 Å². The van der Waals surface area contributed by atoms with Crippen LogP contribution in [0.1, 0.15) is 24.3 Å². The van der Waals surface area contributed by atoms with Crippen LogP contribution in [0.15, 0.2) is 29.9 Å². The second-order valence-electron chi connectivity index (χ2n) is 5.80. The molecule has 1 fully saturated rings. The molecule has 23 heavy (non-hydrogen) atoms. The number of hydrogen-bond donors (Lipinski definition) is 2. The molecule has 1 aliphatic rings. The highest BCUT2D eigenvalue weighted by Crippen LogP contribution is 2.21. The number of carbonyl (C=O) groups excluding carboxylic acids is 1. The average Bonchev–Trinajstić information content (AvgIpc) is 3.09. The van der Waals surface area contributed by atoms with Gasteiger partial charge in [0.15, 0.2) is 0 Å². The van der Waals surface area contributed by atoms with Crippen LogP contribution in [0.25, 0.3) is 11.3 Å². The van der Waals surface area contributed by atoms with Crippen molar-refractivity contribution in [3.05, 3.63) is 34.9 Å². The summed E-state index contributed by atoms with van der Waals surface area (Å²) < 4.78 is 0. The second kappa shape index (κ2) is 8.17. The maximum atomic E-state index is 12.0. The minimum Gasteiger partial charge on any atom is -0.356 e. The maximum absolute atomic E-state index is 12.0. The monoisotopic (exact) mass is 330 g/mol. The van der Waals surface area contributed by atoms with Gasteiger partial charge in [-0.05, 0) is 37.9 Å². The van der Waals surface area contributed by atoms with Crippen molar-refractivity contribution in [3.63, 3.8) is 0 Å². The standard InChI is InChI=1S/C17H22N4OS/c22-17(14-3-1-7-19-11-14)20-8-2-4-16-21-15(12-23-16)13-5-9-18-10-6-13/h5-6,9-10,12,14,19H,1-4,7-8,11H2,(H,20,22). The Hall–Kier alpha value is -1.79. The Morgan fingerprint density at radius 2 is 2.26 bits per heavy atom. The average molecular weight is 330 g/mol. The van der Waals surface area contributed by atoms with Gasteiger partial charge in [0.25, 0.3) is 0 Å². The highest BCUT2D eigenvalue weighted by atomic mass is 32.1. The summed E-state index contributed by atoms with van der Waals surface area (Å²) in [7, 11) is 0. The summed E-state index contributed by atoms with van der Waals surface area (Å²) in [6, 6.07) is 3.94. The molecular formula is C17H22N4OS. The molecule has 122 valence electrons. The number of amides is 1. The molecule has 1 saturated heterocycles. The van der Waals surface area contributed by atoms with Gasteiger partial charge >= 0.3 is 0 Å². The van der Waals surface area contributed by atoms with Crippen molar-refractivity contribution >= 4 is 17.2 Å². The Morgan fingerprint density at radius 3 is 3.04 bits per heavy atom. The van der Waals surface area contributed by atoms with E-state index in [1.54, 1.807) is 23.7 Å². The predicted molar refractivity (Wildman–Crippen MR) is 92.3 cm³/mol. The fourth-order valence-electron chi connectivity index (χ4n) is 2.75. The molecule has 2 aromatic heterocycles. The molecule has 0 aliphatic carbocycles. The summed E-state index contributed by atoms with van der Waals surface area (Å²) in [6.07, 6.45) is 7.48. The van der Waals surface area contributed by atoms with E-state index in [2.05, 4.69) is 26.0 Å². The van der Waals surface area contributed by atoms with Crippen LogP contribution in [-0.2, 0) is 11.2 Å². The highest BCUT2D eigenvalue weighted by molar-refractivity contribution is 7.09. The molecule has 1 unspecified atom stereocenters. The summed E-state index contributed by atoms with van der Waals surface area (Å²) in [5.74, 6) is 0.329. The van der Waals surface area contributed by atoms with Gasteiger partial charge in [0, 0.05) is 42.8 Å². The molecule has 1 atom stereocenters. The number of hydrogen-bond acceptors (Lipinski definition) is 5. The SMILES string of the molecule is O=C(NCCCc1nc(-c2ccncc2)cs1)C1CCCNC1. The van der Waals surface area contributed by atoms with Gasteiger partial charge < -0.3 is 10.6 Å². The number of piperidine rings is 1. The van der Waals surface area contributed by atoms with E-state index in [9.17, 15) is 4.79 Å². The fraction of sp³-hybridized carbons (Fsp3) is 0.471. The van der Waals surface area contributed by atoms with E-state index in [4.69, 9.17) is 0 Å². The molecule has 2 aromatic rings. The van der Waals surface area contributed by atoms with Crippen molar-refractivity contribution in [1.82, 2.24) is 20.6 Å². The molecule has 6 heteroatoms. The Balaban J connectivity index is 1.41. The van der Waals surface area contributed by atoms with E-state index >= 15 is 0 Å². The first-order chi connectivity index (χ1) is 11.3. The van der Waals surface area contributed by atoms with Crippen LogP contribution < -0.4 is 10.6 Å². The summed E-state index contributed by atoms with van der Waals surface area (Å²) in [5.41, 5.74) is 2.10. The number of nitrogens with one attached hydrogen (secondary N) is 2. The first-order valence-corrected chi connectivity index (χ1v) is 9.04. The topological polar surface area (TPSA) is 66.9 Å². The quantitative estimate of drug-likeness (QED) is 0.797. The summed E-state index contributed by atoms with van der Waals surface area (Å²) in [4.78, 5) is 20.7. The van der Waals surface area contributed by atoms with Crippen molar-refractivity contribution in [1.29, 1.82) is 0 Å². The van der Waals surface area contributed by atoms with E-state index in [1.807, 2.05) is 12.1 Å². The lowest BCUT2D eigenvalue weighted by atomic mass is 9.99. The van der Waals surface area contributed by atoms with Crippen molar-refractivity contribution < 1.29 is 4.79 Å². The van der Waals surface area contributed by atoms with Gasteiger partial charge in [-0.3, -0.25) is 9.78 Å². The zero-order chi connectivity index (χ0) is 15.9. The summed E-state index contributed by atoms with van der Waals surface area (Å²) >= 11 is 1.68. The van der Waals surface area contributed by atoms with Gasteiger partial charge in [-0.25, -0.2) is 4.98 Å². The van der Waals surface area contributed by atoms with Gasteiger partial charge in [-0.1, -0.05) is 0 Å². The zero-order valence-electron chi connectivity index (χ0n) is 13.1. The molecule has 0 spiro atoms. The molecule has 0 aromatic carbocycles. The third kappa shape index (κ3) is 4.59. The number of rotatable bonds is 6. The molecule has 1 aliphatic heterocycles. The minimum atomic E-state index is 0.141. The van der Waals surface area contributed by atoms with Gasteiger partial charge in [0.05, 0.1) is 16.6 Å². The Morgan fingerprint density at radius 1 is 1.39 bits per heavy atom. The van der Waals surface area contributed by atoms with Crippen LogP contribution in [0.5, 0.6) is 0 Å². The number of aryl methyl sites for hydroxylation is 1. The number of nitrogens with zero attached hydrogens (tertiary/aromatic N) is 2. The van der Waals surface area contributed by atoms with Crippen LogP contribution in [0.4, 0.5) is 0 Å². The van der Waals surface area contributed by atoms with Gasteiger partial charge in [-0.15, -0.1) is 11.3 Å². The smallest absolute Gasteiger partial charge is 0.224 e. The number of aromatic nitrogens is 2. The fourth-order valence-corrected chi connectivity index (χ4v) is 3.60. The molecule has 0 bridgehead atoms. The van der Waals surface area contributed by atoms with Crippen molar-refractivity contribution in [2.24, 2.45) is 5.92 Å². The summed E-state index contributed by atoms with van der Waals surface area (Å²) in [6.45, 7) is 2.57. The van der Waals surface area contributed by atoms with E-state index in [1.165, 1.54) is 0 Å². The third-order valence-electron chi connectivity index (χ3n) is 4.06. The molecular weight excluding hydrogens is 308 g/mol. The third-order valence-corrected chi connectivity index (χ3v) is 4.97. The van der Waals surface area contributed by atoms with Crippen LogP contribution in [0, 0.1) is 5.92 Å². The lowest BCUT2D eigenvalue weighted by Crippen LogP contribution is -2.40. The second-order valence-corrected chi connectivity index (χ2v) is 6.74. The van der Waals surface area contributed by atoms with Crippen LogP contribution in [-0.4, -0.2) is 35.5 Å².